The fourth-order valence-electron chi connectivity index (χ4n) is 5.61. The summed E-state index contributed by atoms with van der Waals surface area (Å²) in [6.45, 7) is 1.98. The van der Waals surface area contributed by atoms with E-state index in [0.29, 0.717) is 0 Å². The Balaban J connectivity index is 1.31. The van der Waals surface area contributed by atoms with Crippen molar-refractivity contribution in [3.63, 3.8) is 0 Å². The van der Waals surface area contributed by atoms with Gasteiger partial charge in [0.1, 0.15) is 23.1 Å². The molecule has 8 aromatic rings. The van der Waals surface area contributed by atoms with Gasteiger partial charge in [-0.3, -0.25) is 8.97 Å². The summed E-state index contributed by atoms with van der Waals surface area (Å²) >= 11 is 0. The van der Waals surface area contributed by atoms with Gasteiger partial charge in [0.25, 0.3) is 0 Å². The van der Waals surface area contributed by atoms with Crippen LogP contribution in [0.2, 0.25) is 0 Å². The molecule has 0 unspecified atom stereocenters. The molecule has 0 saturated heterocycles. The second-order valence-corrected chi connectivity index (χ2v) is 9.45. The third kappa shape index (κ3) is 2.97. The number of nitrogens with zero attached hydrogens (tertiary/aromatic N) is 5. The van der Waals surface area contributed by atoms with Gasteiger partial charge in [-0.2, -0.15) is 0 Å². The molecule has 0 aliphatic rings. The smallest absolute Gasteiger partial charge is 0.169 e. The number of pyridine rings is 2. The van der Waals surface area contributed by atoms with Crippen LogP contribution in [0.5, 0.6) is 11.5 Å². The van der Waals surface area contributed by atoms with Gasteiger partial charge in [-0.15, -0.1) is 10.2 Å². The minimum Gasteiger partial charge on any atom is -0.457 e. The Morgan fingerprint density at radius 2 is 1.26 bits per heavy atom. The number of para-hydroxylation sites is 2. The highest BCUT2D eigenvalue weighted by Crippen LogP contribution is 2.36. The lowest BCUT2D eigenvalue weighted by Crippen LogP contribution is -1.96. The van der Waals surface area contributed by atoms with E-state index in [-0.39, 0.29) is 0 Å². The first-order valence-corrected chi connectivity index (χ1v) is 12.5. The maximum atomic E-state index is 6.46. The molecule has 180 valence electrons. The van der Waals surface area contributed by atoms with E-state index < -0.39 is 0 Å². The highest BCUT2D eigenvalue weighted by atomic mass is 16.5. The highest BCUT2D eigenvalue weighted by molar-refractivity contribution is 6.12. The van der Waals surface area contributed by atoms with Crippen LogP contribution in [0, 0.1) is 6.92 Å². The van der Waals surface area contributed by atoms with E-state index in [9.17, 15) is 0 Å². The van der Waals surface area contributed by atoms with Crippen molar-refractivity contribution in [1.29, 1.82) is 0 Å². The Hall–Kier alpha value is -5.23. The van der Waals surface area contributed by atoms with Crippen molar-refractivity contribution in [3.8, 4) is 17.3 Å². The van der Waals surface area contributed by atoms with Crippen LogP contribution in [0.15, 0.2) is 109 Å². The molecule has 4 aromatic heterocycles. The van der Waals surface area contributed by atoms with Gasteiger partial charge in [-0.05, 0) is 66.9 Å². The molecule has 6 heteroatoms. The maximum Gasteiger partial charge on any atom is 0.169 e. The summed E-state index contributed by atoms with van der Waals surface area (Å²) in [5, 5.41) is 14.5. The fourth-order valence-corrected chi connectivity index (χ4v) is 5.61. The average Bonchev–Trinajstić information content (AvgIpc) is 3.51. The minimum absolute atomic E-state index is 0.746. The molecule has 0 saturated carbocycles. The quantitative estimate of drug-likeness (QED) is 0.238. The normalized spacial score (nSPS) is 11.8. The summed E-state index contributed by atoms with van der Waals surface area (Å²) in [6.07, 6.45) is 1.82. The third-order valence-corrected chi connectivity index (χ3v) is 7.25. The molecule has 38 heavy (non-hydrogen) atoms. The van der Waals surface area contributed by atoms with Gasteiger partial charge in [0.05, 0.1) is 16.6 Å². The lowest BCUT2D eigenvalue weighted by atomic mass is 10.1. The molecule has 0 atom stereocenters. The standard InChI is InChI=1S/C32H21N5O/c1-20-34-35-32-27-18-21(13-15-23(27)24-8-2-4-10-28(24)36(20)32)38-22-14-16-26-25-9-3-5-11-29(25)37(30(26)19-22)31-12-6-7-17-33-31/h2-19H,1H3. The summed E-state index contributed by atoms with van der Waals surface area (Å²) in [4.78, 5) is 4.63. The first kappa shape index (κ1) is 20.9. The van der Waals surface area contributed by atoms with E-state index in [1.807, 2.05) is 49.5 Å². The lowest BCUT2D eigenvalue weighted by molar-refractivity contribution is 0.484. The van der Waals surface area contributed by atoms with Crippen molar-refractivity contribution in [1.82, 2.24) is 24.1 Å². The van der Waals surface area contributed by atoms with Gasteiger partial charge < -0.3 is 4.74 Å². The summed E-state index contributed by atoms with van der Waals surface area (Å²) in [6, 6.07) is 35.2. The van der Waals surface area contributed by atoms with Crippen LogP contribution in [0.3, 0.4) is 0 Å². The number of aryl methyl sites for hydroxylation is 1. The Kier molecular flexibility index (Phi) is 4.34. The predicted molar refractivity (Wildman–Crippen MR) is 151 cm³/mol. The zero-order chi connectivity index (χ0) is 25.2. The number of rotatable bonds is 3. The summed E-state index contributed by atoms with van der Waals surface area (Å²) in [7, 11) is 0. The average molecular weight is 492 g/mol. The molecule has 0 aliphatic carbocycles. The van der Waals surface area contributed by atoms with Crippen molar-refractivity contribution in [2.75, 3.05) is 0 Å². The molecule has 0 radical (unpaired) electrons. The molecular formula is C32H21N5O. The lowest BCUT2D eigenvalue weighted by Gasteiger charge is -2.11. The third-order valence-electron chi connectivity index (χ3n) is 7.25. The molecule has 0 N–H and O–H groups in total. The fraction of sp³-hybridized carbons (Fsp3) is 0.0312. The van der Waals surface area contributed by atoms with Crippen LogP contribution in [-0.2, 0) is 0 Å². The zero-order valence-corrected chi connectivity index (χ0v) is 20.5. The van der Waals surface area contributed by atoms with Crippen LogP contribution in [0.1, 0.15) is 5.82 Å². The van der Waals surface area contributed by atoms with Crippen molar-refractivity contribution in [2.45, 2.75) is 6.92 Å². The molecule has 4 aromatic carbocycles. The van der Waals surface area contributed by atoms with Crippen molar-refractivity contribution >= 4 is 49.1 Å². The van der Waals surface area contributed by atoms with E-state index in [1.54, 1.807) is 0 Å². The van der Waals surface area contributed by atoms with E-state index in [1.165, 1.54) is 5.39 Å². The summed E-state index contributed by atoms with van der Waals surface area (Å²) in [5.41, 5.74) is 4.08. The number of ether oxygens (including phenoxy) is 1. The van der Waals surface area contributed by atoms with Crippen LogP contribution < -0.4 is 4.74 Å². The van der Waals surface area contributed by atoms with Gasteiger partial charge in [-0.25, -0.2) is 4.98 Å². The van der Waals surface area contributed by atoms with Crippen molar-refractivity contribution in [3.05, 3.63) is 115 Å². The van der Waals surface area contributed by atoms with Crippen LogP contribution in [-0.4, -0.2) is 24.1 Å². The molecular weight excluding hydrogens is 470 g/mol. The van der Waals surface area contributed by atoms with Gasteiger partial charge in [0, 0.05) is 33.8 Å². The van der Waals surface area contributed by atoms with Crippen LogP contribution >= 0.6 is 0 Å². The van der Waals surface area contributed by atoms with Crippen LogP contribution in [0.25, 0.3) is 54.9 Å². The Bertz CT molecular complexity index is 2180. The topological polar surface area (TPSA) is 57.2 Å². The number of hydrogen-bond donors (Lipinski definition) is 0. The molecule has 0 bridgehead atoms. The first-order valence-electron chi connectivity index (χ1n) is 12.5. The molecule has 0 aliphatic heterocycles. The highest BCUT2D eigenvalue weighted by Gasteiger charge is 2.15. The number of hydrogen-bond acceptors (Lipinski definition) is 4. The molecule has 6 nitrogen and oxygen atoms in total. The largest absolute Gasteiger partial charge is 0.457 e. The van der Waals surface area contributed by atoms with Gasteiger partial charge in [0.2, 0.25) is 0 Å². The second-order valence-electron chi connectivity index (χ2n) is 9.45. The molecule has 8 rings (SSSR count). The van der Waals surface area contributed by atoms with E-state index in [0.717, 1.165) is 66.9 Å². The SMILES string of the molecule is Cc1nnc2c3cc(Oc4ccc5c6ccccc6n(-c6ccccn6)c5c4)ccc3c3ccccc3n12. The number of aromatic nitrogens is 5. The molecule has 0 amide bonds. The Morgan fingerprint density at radius 1 is 0.579 bits per heavy atom. The van der Waals surface area contributed by atoms with Crippen molar-refractivity contribution < 1.29 is 4.74 Å². The number of benzene rings is 4. The van der Waals surface area contributed by atoms with E-state index >= 15 is 0 Å². The predicted octanol–water partition coefficient (Wildman–Crippen LogP) is 7.63. The van der Waals surface area contributed by atoms with E-state index in [4.69, 9.17) is 4.74 Å². The van der Waals surface area contributed by atoms with Gasteiger partial charge in [0.15, 0.2) is 5.65 Å². The van der Waals surface area contributed by atoms with Crippen LogP contribution in [0.4, 0.5) is 0 Å². The molecule has 0 spiro atoms. The monoisotopic (exact) mass is 491 g/mol. The van der Waals surface area contributed by atoms with Crippen molar-refractivity contribution in [2.24, 2.45) is 0 Å². The molecule has 4 heterocycles. The minimum atomic E-state index is 0.746. The summed E-state index contributed by atoms with van der Waals surface area (Å²) in [5.74, 6) is 3.23. The second kappa shape index (κ2) is 7.88. The van der Waals surface area contributed by atoms with E-state index in [2.05, 4.69) is 90.9 Å². The maximum absolute atomic E-state index is 6.46. The number of fused-ring (bicyclic) bond motifs is 9. The first-order chi connectivity index (χ1) is 18.8. The zero-order valence-electron chi connectivity index (χ0n) is 20.5. The molecule has 0 fully saturated rings. The van der Waals surface area contributed by atoms with Gasteiger partial charge in [-0.1, -0.05) is 42.5 Å². The Morgan fingerprint density at radius 3 is 2.08 bits per heavy atom. The van der Waals surface area contributed by atoms with Gasteiger partial charge >= 0.3 is 0 Å². The Labute approximate surface area is 217 Å². The summed E-state index contributed by atoms with van der Waals surface area (Å²) < 4.78 is 10.8.